The molecule has 4 amide bonds. The highest BCUT2D eigenvalue weighted by molar-refractivity contribution is 9.10. The van der Waals surface area contributed by atoms with E-state index >= 15 is 0 Å². The summed E-state index contributed by atoms with van der Waals surface area (Å²) in [6.07, 6.45) is 1.99. The third kappa shape index (κ3) is 4.92. The number of carbonyl (C=O) groups is 3. The number of para-hydroxylation sites is 1. The van der Waals surface area contributed by atoms with Gasteiger partial charge in [-0.1, -0.05) is 53.2 Å². The Balaban J connectivity index is 1.69. The van der Waals surface area contributed by atoms with Gasteiger partial charge in [-0.05, 0) is 60.0 Å². The van der Waals surface area contributed by atoms with Crippen LogP contribution in [0.5, 0.6) is 5.75 Å². The van der Waals surface area contributed by atoms with Crippen molar-refractivity contribution in [1.82, 2.24) is 5.32 Å². The van der Waals surface area contributed by atoms with E-state index in [1.54, 1.807) is 42.5 Å². The number of nitrogens with one attached hydrogen (secondary N) is 1. The molecule has 0 atom stereocenters. The Kier molecular flexibility index (Phi) is 6.88. The van der Waals surface area contributed by atoms with Gasteiger partial charge < -0.3 is 4.74 Å². The van der Waals surface area contributed by atoms with Crippen molar-refractivity contribution in [2.24, 2.45) is 0 Å². The largest absolute Gasteiger partial charge is 0.488 e. The zero-order chi connectivity index (χ0) is 24.2. The molecular formula is C26H20BrFN2O4. The van der Waals surface area contributed by atoms with Crippen molar-refractivity contribution in [1.29, 1.82) is 0 Å². The van der Waals surface area contributed by atoms with Crippen molar-refractivity contribution in [2.75, 3.05) is 4.90 Å². The van der Waals surface area contributed by atoms with E-state index < -0.39 is 17.8 Å². The van der Waals surface area contributed by atoms with Crippen LogP contribution in [0.15, 0.2) is 76.8 Å². The summed E-state index contributed by atoms with van der Waals surface area (Å²) in [5.41, 5.74) is 2.08. The van der Waals surface area contributed by atoms with Crippen molar-refractivity contribution in [3.63, 3.8) is 0 Å². The van der Waals surface area contributed by atoms with Crippen LogP contribution in [0.3, 0.4) is 0 Å². The van der Waals surface area contributed by atoms with E-state index in [4.69, 9.17) is 4.74 Å². The molecule has 1 saturated heterocycles. The topological polar surface area (TPSA) is 75.7 Å². The molecule has 6 nitrogen and oxygen atoms in total. The quantitative estimate of drug-likeness (QED) is 0.347. The van der Waals surface area contributed by atoms with Crippen LogP contribution in [0.1, 0.15) is 23.6 Å². The second-order valence-corrected chi connectivity index (χ2v) is 8.46. The Bertz CT molecular complexity index is 1320. The predicted octanol–water partition coefficient (Wildman–Crippen LogP) is 5.40. The summed E-state index contributed by atoms with van der Waals surface area (Å²) in [5, 5.41) is 2.24. The maximum Gasteiger partial charge on any atom is 0.335 e. The lowest BCUT2D eigenvalue weighted by molar-refractivity contribution is -0.122. The Hall–Kier alpha value is -3.78. The van der Waals surface area contributed by atoms with Gasteiger partial charge in [-0.3, -0.25) is 14.9 Å². The van der Waals surface area contributed by atoms with E-state index in [1.165, 1.54) is 18.2 Å². The van der Waals surface area contributed by atoms with E-state index in [9.17, 15) is 18.8 Å². The predicted molar refractivity (Wildman–Crippen MR) is 130 cm³/mol. The molecule has 0 saturated carbocycles. The molecule has 1 N–H and O–H groups in total. The molecule has 0 aliphatic carbocycles. The fraction of sp³-hybridized carbons (Fsp3) is 0.115. The molecule has 0 spiro atoms. The highest BCUT2D eigenvalue weighted by Crippen LogP contribution is 2.30. The Morgan fingerprint density at radius 1 is 1.03 bits per heavy atom. The van der Waals surface area contributed by atoms with Crippen molar-refractivity contribution in [3.05, 3.63) is 99.3 Å². The number of barbiturate groups is 1. The Labute approximate surface area is 204 Å². The molecule has 3 aromatic rings. The number of urea groups is 1. The number of nitrogens with zero attached hydrogens (tertiary/aromatic N) is 1. The van der Waals surface area contributed by atoms with E-state index in [1.807, 2.05) is 19.1 Å². The molecular weight excluding hydrogens is 503 g/mol. The number of halogens is 2. The van der Waals surface area contributed by atoms with Crippen LogP contribution in [0, 0.1) is 5.82 Å². The number of anilines is 1. The number of ether oxygens (including phenoxy) is 1. The normalized spacial score (nSPS) is 15.0. The number of amides is 4. The van der Waals surface area contributed by atoms with Gasteiger partial charge in [-0.25, -0.2) is 14.1 Å². The smallest absolute Gasteiger partial charge is 0.335 e. The summed E-state index contributed by atoms with van der Waals surface area (Å²) in [4.78, 5) is 39.5. The van der Waals surface area contributed by atoms with Crippen LogP contribution in [0.2, 0.25) is 0 Å². The number of hydrogen-bond acceptors (Lipinski definition) is 4. The number of hydrogen-bond donors (Lipinski definition) is 1. The van der Waals surface area contributed by atoms with E-state index in [-0.39, 0.29) is 18.0 Å². The van der Waals surface area contributed by atoms with Gasteiger partial charge in [0.15, 0.2) is 0 Å². The van der Waals surface area contributed by atoms with Crippen molar-refractivity contribution in [2.45, 2.75) is 20.0 Å². The zero-order valence-corrected chi connectivity index (χ0v) is 19.8. The van der Waals surface area contributed by atoms with Gasteiger partial charge in [0.1, 0.15) is 23.7 Å². The van der Waals surface area contributed by atoms with Gasteiger partial charge >= 0.3 is 6.03 Å². The molecule has 1 aliphatic heterocycles. The first-order chi connectivity index (χ1) is 16.4. The number of aryl methyl sites for hydroxylation is 1. The van der Waals surface area contributed by atoms with Gasteiger partial charge in [0, 0.05) is 10.0 Å². The molecule has 1 fully saturated rings. The van der Waals surface area contributed by atoms with Crippen LogP contribution < -0.4 is 15.0 Å². The molecule has 0 unspecified atom stereocenters. The Morgan fingerprint density at radius 2 is 1.82 bits per heavy atom. The minimum Gasteiger partial charge on any atom is -0.488 e. The monoisotopic (exact) mass is 522 g/mol. The van der Waals surface area contributed by atoms with E-state index in [2.05, 4.69) is 21.2 Å². The van der Waals surface area contributed by atoms with Gasteiger partial charge in [0.2, 0.25) is 0 Å². The molecule has 1 aliphatic rings. The third-order valence-electron chi connectivity index (χ3n) is 5.27. The first-order valence-electron chi connectivity index (χ1n) is 10.5. The number of imide groups is 2. The molecule has 4 rings (SSSR count). The SMILES string of the molecule is CCc1ccccc1N1C(=O)NC(=O)/C(=C/c2cc(Br)ccc2OCc2cccc(F)c2)C1=O. The molecule has 8 heteroatoms. The standard InChI is InChI=1S/C26H20BrFN2O4/c1-2-17-7-3-4-9-22(17)30-25(32)21(24(31)29-26(30)33)14-18-13-19(27)10-11-23(18)34-15-16-6-5-8-20(28)12-16/h3-14H,2,15H2,1H3,(H,29,31,33)/b21-14-. The maximum atomic E-state index is 13.5. The highest BCUT2D eigenvalue weighted by Gasteiger charge is 2.37. The average Bonchev–Trinajstić information content (AvgIpc) is 2.81. The highest BCUT2D eigenvalue weighted by atomic mass is 79.9. The fourth-order valence-electron chi connectivity index (χ4n) is 3.61. The lowest BCUT2D eigenvalue weighted by Crippen LogP contribution is -2.54. The molecule has 0 radical (unpaired) electrons. The zero-order valence-electron chi connectivity index (χ0n) is 18.2. The number of benzene rings is 3. The summed E-state index contributed by atoms with van der Waals surface area (Å²) in [6.45, 7) is 2.00. The molecule has 0 aromatic heterocycles. The number of carbonyl (C=O) groups excluding carboxylic acids is 3. The molecule has 0 bridgehead atoms. The van der Waals surface area contributed by atoms with Gasteiger partial charge in [-0.15, -0.1) is 0 Å². The minimum absolute atomic E-state index is 0.0875. The summed E-state index contributed by atoms with van der Waals surface area (Å²) >= 11 is 3.39. The third-order valence-corrected chi connectivity index (χ3v) is 5.76. The van der Waals surface area contributed by atoms with Gasteiger partial charge in [0.25, 0.3) is 11.8 Å². The Morgan fingerprint density at radius 3 is 2.59 bits per heavy atom. The first kappa shape index (κ1) is 23.4. The summed E-state index contributed by atoms with van der Waals surface area (Å²) in [5.74, 6) is -1.51. The first-order valence-corrected chi connectivity index (χ1v) is 11.3. The van der Waals surface area contributed by atoms with Gasteiger partial charge in [0.05, 0.1) is 5.69 Å². The summed E-state index contributed by atoms with van der Waals surface area (Å²) in [7, 11) is 0. The van der Waals surface area contributed by atoms with Crippen LogP contribution in [0.25, 0.3) is 6.08 Å². The van der Waals surface area contributed by atoms with E-state index in [0.29, 0.717) is 33.5 Å². The second-order valence-electron chi connectivity index (χ2n) is 7.54. The van der Waals surface area contributed by atoms with Gasteiger partial charge in [-0.2, -0.15) is 0 Å². The van der Waals surface area contributed by atoms with E-state index in [0.717, 1.165) is 10.5 Å². The number of rotatable bonds is 6. The lowest BCUT2D eigenvalue weighted by atomic mass is 10.0. The summed E-state index contributed by atoms with van der Waals surface area (Å²) < 4.78 is 20.1. The van der Waals surface area contributed by atoms with Crippen LogP contribution in [-0.4, -0.2) is 17.8 Å². The second kappa shape index (κ2) is 10.0. The van der Waals surface area contributed by atoms with Crippen molar-refractivity contribution in [3.8, 4) is 5.75 Å². The van der Waals surface area contributed by atoms with Crippen molar-refractivity contribution < 1.29 is 23.5 Å². The average molecular weight is 523 g/mol. The lowest BCUT2D eigenvalue weighted by Gasteiger charge is -2.28. The van der Waals surface area contributed by atoms with Crippen LogP contribution in [-0.2, 0) is 22.6 Å². The fourth-order valence-corrected chi connectivity index (χ4v) is 3.99. The van der Waals surface area contributed by atoms with Crippen LogP contribution >= 0.6 is 15.9 Å². The van der Waals surface area contributed by atoms with Crippen LogP contribution in [0.4, 0.5) is 14.9 Å². The minimum atomic E-state index is -0.801. The summed E-state index contributed by atoms with van der Waals surface area (Å²) in [6, 6.07) is 17.4. The molecule has 1 heterocycles. The molecule has 34 heavy (non-hydrogen) atoms. The molecule has 3 aromatic carbocycles. The maximum absolute atomic E-state index is 13.5. The van der Waals surface area contributed by atoms with Crippen molar-refractivity contribution >= 4 is 45.5 Å². The molecule has 172 valence electrons.